The van der Waals surface area contributed by atoms with Gasteiger partial charge in [-0.05, 0) is 63.0 Å². The Bertz CT molecular complexity index is 1470. The minimum atomic E-state index is -1.58. The maximum absolute atomic E-state index is 13.3. The Morgan fingerprint density at radius 3 is 2.15 bits per heavy atom. The number of rotatable bonds is 9. The molecule has 3 aromatic carbocycles. The summed E-state index contributed by atoms with van der Waals surface area (Å²) in [5.74, 6) is -5.77. The number of esters is 1. The number of amides is 1. The van der Waals surface area contributed by atoms with E-state index in [1.165, 1.54) is 18.2 Å². The quantitative estimate of drug-likeness (QED) is 0.255. The zero-order valence-electron chi connectivity index (χ0n) is 21.0. The van der Waals surface area contributed by atoms with Gasteiger partial charge in [-0.15, -0.1) is 0 Å². The zero-order valence-corrected chi connectivity index (χ0v) is 22.5. The number of aromatic hydroxyl groups is 1. The number of carboxylic acid groups (broad SMARTS) is 2. The molecule has 0 aliphatic heterocycles. The van der Waals surface area contributed by atoms with Gasteiger partial charge >= 0.3 is 17.9 Å². The summed E-state index contributed by atoms with van der Waals surface area (Å²) in [6.07, 6.45) is 0. The van der Waals surface area contributed by atoms with Crippen LogP contribution in [0.4, 0.5) is 5.69 Å². The Morgan fingerprint density at radius 1 is 0.897 bits per heavy atom. The second kappa shape index (κ2) is 12.2. The molecule has 3 aromatic rings. The maximum atomic E-state index is 13.3. The molecule has 204 valence electrons. The number of benzene rings is 3. The number of aromatic carboxylic acids is 2. The molecular weight excluding hydrogens is 551 g/mol. The fourth-order valence-corrected chi connectivity index (χ4v) is 3.97. The van der Waals surface area contributed by atoms with E-state index in [2.05, 4.69) is 5.32 Å². The fourth-order valence-electron chi connectivity index (χ4n) is 3.45. The summed E-state index contributed by atoms with van der Waals surface area (Å²) in [4.78, 5) is 51.3. The number of hydrogen-bond donors (Lipinski definition) is 4. The van der Waals surface area contributed by atoms with Crippen LogP contribution in [0.3, 0.4) is 0 Å². The highest BCUT2D eigenvalue weighted by atomic mass is 35.5. The molecule has 0 saturated carbocycles. The van der Waals surface area contributed by atoms with Gasteiger partial charge in [-0.2, -0.15) is 0 Å². The second-order valence-electron chi connectivity index (χ2n) is 8.77. The van der Waals surface area contributed by atoms with Crippen LogP contribution in [0.2, 0.25) is 10.0 Å². The van der Waals surface area contributed by atoms with E-state index < -0.39 is 46.3 Å². The minimum Gasteiger partial charge on any atom is -0.507 e. The molecule has 0 radical (unpaired) electrons. The van der Waals surface area contributed by atoms with E-state index in [-0.39, 0.29) is 23.9 Å². The number of likely N-dealkylation sites (N-methyl/N-ethyl adjacent to an activating group) is 1. The van der Waals surface area contributed by atoms with Crippen LogP contribution in [0.1, 0.15) is 48.4 Å². The Kier molecular flexibility index (Phi) is 9.18. The first-order chi connectivity index (χ1) is 18.3. The maximum Gasteiger partial charge on any atom is 0.340 e. The van der Waals surface area contributed by atoms with Gasteiger partial charge in [-0.25, -0.2) is 14.4 Å². The lowest BCUT2D eigenvalue weighted by molar-refractivity contribution is 0.0417. The number of carbonyl (C=O) groups excluding carboxylic acids is 2. The van der Waals surface area contributed by atoms with Crippen LogP contribution >= 0.6 is 23.2 Å². The van der Waals surface area contributed by atoms with Gasteiger partial charge in [0, 0.05) is 21.7 Å². The molecule has 3 rings (SSSR count). The number of nitrogens with one attached hydrogen (secondary N) is 1. The molecule has 10 nitrogen and oxygen atoms in total. The minimum absolute atomic E-state index is 0.0442. The van der Waals surface area contributed by atoms with Gasteiger partial charge in [0.05, 0.1) is 22.4 Å². The summed E-state index contributed by atoms with van der Waals surface area (Å²) in [5, 5.41) is 32.0. The van der Waals surface area contributed by atoms with Gasteiger partial charge in [0.25, 0.3) is 5.91 Å². The Hall–Kier alpha value is -4.12. The first-order valence-electron chi connectivity index (χ1n) is 11.4. The first-order valence-corrected chi connectivity index (χ1v) is 12.1. The molecule has 0 saturated heterocycles. The molecule has 4 N–H and O–H groups in total. The Morgan fingerprint density at radius 2 is 1.56 bits per heavy atom. The van der Waals surface area contributed by atoms with Crippen molar-refractivity contribution in [2.45, 2.75) is 13.0 Å². The average molecular weight is 575 g/mol. The molecule has 1 atom stereocenters. The molecule has 0 aromatic heterocycles. The van der Waals surface area contributed by atoms with Gasteiger partial charge in [-0.1, -0.05) is 35.3 Å². The third kappa shape index (κ3) is 6.85. The van der Waals surface area contributed by atoms with Crippen LogP contribution in [-0.2, 0) is 4.74 Å². The van der Waals surface area contributed by atoms with Crippen molar-refractivity contribution < 1.29 is 39.2 Å². The molecule has 1 unspecified atom stereocenters. The predicted molar refractivity (Wildman–Crippen MR) is 145 cm³/mol. The van der Waals surface area contributed by atoms with Crippen molar-refractivity contribution in [3.8, 4) is 16.9 Å². The lowest BCUT2D eigenvalue weighted by atomic mass is 10.00. The van der Waals surface area contributed by atoms with Crippen LogP contribution < -0.4 is 5.32 Å². The molecule has 0 aliphatic carbocycles. The highest BCUT2D eigenvalue weighted by molar-refractivity contribution is 6.36. The van der Waals surface area contributed by atoms with E-state index in [9.17, 15) is 34.5 Å². The van der Waals surface area contributed by atoms with Crippen LogP contribution in [0.5, 0.6) is 5.75 Å². The number of carbonyl (C=O) groups is 4. The molecular formula is C27H24Cl2N2O8. The lowest BCUT2D eigenvalue weighted by Gasteiger charge is -2.20. The number of ether oxygens (including phenoxy) is 1. The van der Waals surface area contributed by atoms with Gasteiger partial charge in [0.1, 0.15) is 17.9 Å². The van der Waals surface area contributed by atoms with E-state index in [4.69, 9.17) is 27.9 Å². The average Bonchev–Trinajstić information content (AvgIpc) is 2.86. The second-order valence-corrected chi connectivity index (χ2v) is 9.62. The predicted octanol–water partition coefficient (Wildman–Crippen LogP) is 5.12. The number of phenols is 1. The van der Waals surface area contributed by atoms with Crippen molar-refractivity contribution in [3.05, 3.63) is 80.8 Å². The largest absolute Gasteiger partial charge is 0.507 e. The van der Waals surface area contributed by atoms with Gasteiger partial charge in [0.2, 0.25) is 0 Å². The normalized spacial score (nSPS) is 11.6. The Balaban J connectivity index is 2.10. The summed E-state index contributed by atoms with van der Waals surface area (Å²) < 4.78 is 5.41. The van der Waals surface area contributed by atoms with Crippen LogP contribution in [0.25, 0.3) is 11.1 Å². The number of carboxylic acids is 2. The number of anilines is 1. The van der Waals surface area contributed by atoms with Gasteiger partial charge < -0.3 is 30.3 Å². The van der Waals surface area contributed by atoms with Crippen LogP contribution in [-0.4, -0.2) is 70.8 Å². The molecule has 0 heterocycles. The summed E-state index contributed by atoms with van der Waals surface area (Å²) >= 11 is 12.3. The van der Waals surface area contributed by atoms with Crippen molar-refractivity contribution in [1.29, 1.82) is 0 Å². The molecule has 0 bridgehead atoms. The smallest absolute Gasteiger partial charge is 0.340 e. The van der Waals surface area contributed by atoms with Crippen molar-refractivity contribution in [2.75, 3.05) is 26.0 Å². The van der Waals surface area contributed by atoms with E-state index in [0.29, 0.717) is 27.2 Å². The molecule has 0 spiro atoms. The Labute approximate surface area is 233 Å². The first kappa shape index (κ1) is 29.4. The van der Waals surface area contributed by atoms with Gasteiger partial charge in [0.15, 0.2) is 0 Å². The topological polar surface area (TPSA) is 153 Å². The third-order valence-corrected chi connectivity index (χ3v) is 6.46. The molecule has 0 fully saturated rings. The standard InChI is InChI=1S/C27H24Cl2N2O8/c1-13(31(2)3)12-39-27(38)17-6-4-14(16-7-5-15(28)9-21(16)29)8-22(17)30-24(33)18-10-20(26(36)37)23(32)11-19(18)25(34)35/h4-11,13,32H,12H2,1-3H3,(H,30,33)(H,34,35)(H,36,37). The molecule has 0 aliphatic rings. The number of hydrogen-bond acceptors (Lipinski definition) is 7. The van der Waals surface area contributed by atoms with E-state index >= 15 is 0 Å². The van der Waals surface area contributed by atoms with Crippen molar-refractivity contribution in [2.24, 2.45) is 0 Å². The number of halogens is 2. The third-order valence-electron chi connectivity index (χ3n) is 5.91. The molecule has 39 heavy (non-hydrogen) atoms. The number of nitrogens with zero attached hydrogens (tertiary/aromatic N) is 1. The van der Waals surface area contributed by atoms with E-state index in [0.717, 1.165) is 6.07 Å². The lowest BCUT2D eigenvalue weighted by Crippen LogP contribution is -2.30. The summed E-state index contributed by atoms with van der Waals surface area (Å²) in [6.45, 7) is 1.90. The fraction of sp³-hybridized carbons (Fsp3) is 0.185. The van der Waals surface area contributed by atoms with Crippen molar-refractivity contribution in [3.63, 3.8) is 0 Å². The monoisotopic (exact) mass is 574 g/mol. The van der Waals surface area contributed by atoms with Crippen LogP contribution in [0, 0.1) is 0 Å². The summed E-state index contributed by atoms with van der Waals surface area (Å²) in [6, 6.07) is 10.5. The van der Waals surface area contributed by atoms with Gasteiger partial charge in [-0.3, -0.25) is 4.79 Å². The van der Waals surface area contributed by atoms with E-state index in [1.807, 2.05) is 25.9 Å². The molecule has 12 heteroatoms. The molecule has 1 amide bonds. The zero-order chi connectivity index (χ0) is 29.0. The van der Waals surface area contributed by atoms with E-state index in [1.54, 1.807) is 18.2 Å². The van der Waals surface area contributed by atoms with Crippen molar-refractivity contribution in [1.82, 2.24) is 4.90 Å². The van der Waals surface area contributed by atoms with Crippen molar-refractivity contribution >= 4 is 52.7 Å². The highest BCUT2D eigenvalue weighted by Gasteiger charge is 2.25. The summed E-state index contributed by atoms with van der Waals surface area (Å²) in [7, 11) is 3.63. The van der Waals surface area contributed by atoms with Crippen LogP contribution in [0.15, 0.2) is 48.5 Å². The summed E-state index contributed by atoms with van der Waals surface area (Å²) in [5.41, 5.74) is -0.944. The SMILES string of the molecule is CC(COC(=O)c1ccc(-c2ccc(Cl)cc2Cl)cc1NC(=O)c1cc(C(=O)O)c(O)cc1C(=O)O)N(C)C. The highest BCUT2D eigenvalue weighted by Crippen LogP contribution is 2.34.